The number of nitrogens with one attached hydrogen (secondary N) is 1. The number of ether oxygens (including phenoxy) is 1. The van der Waals surface area contributed by atoms with Crippen molar-refractivity contribution in [1.82, 2.24) is 9.97 Å². The molecule has 0 bridgehead atoms. The lowest BCUT2D eigenvalue weighted by Gasteiger charge is -2.17. The van der Waals surface area contributed by atoms with Crippen LogP contribution in [-0.2, 0) is 4.79 Å². The Labute approximate surface area is 113 Å². The Balaban J connectivity index is 2.69. The fourth-order valence-corrected chi connectivity index (χ4v) is 1.72. The molecule has 0 radical (unpaired) electrons. The normalized spacial score (nSPS) is 12.2. The van der Waals surface area contributed by atoms with E-state index in [9.17, 15) is 4.79 Å². The Morgan fingerprint density at radius 1 is 1.47 bits per heavy atom. The van der Waals surface area contributed by atoms with Crippen molar-refractivity contribution in [3.8, 4) is 5.88 Å². The average Bonchev–Trinajstić information content (AvgIpc) is 2.27. The van der Waals surface area contributed by atoms with E-state index in [1.54, 1.807) is 6.07 Å². The van der Waals surface area contributed by atoms with Gasteiger partial charge in [-0.25, -0.2) is 9.97 Å². The fraction of sp³-hybridized carbons (Fsp3) is 0.615. The monoisotopic (exact) mass is 267 g/mol. The number of anilines is 1. The van der Waals surface area contributed by atoms with E-state index in [2.05, 4.69) is 15.3 Å². The van der Waals surface area contributed by atoms with Crippen LogP contribution in [0.4, 0.5) is 5.82 Å². The first kappa shape index (κ1) is 15.2. The van der Waals surface area contributed by atoms with Crippen molar-refractivity contribution < 1.29 is 14.6 Å². The van der Waals surface area contributed by atoms with Crippen LogP contribution in [0.5, 0.6) is 5.88 Å². The van der Waals surface area contributed by atoms with Crippen LogP contribution in [0.2, 0.25) is 0 Å². The van der Waals surface area contributed by atoms with E-state index in [0.29, 0.717) is 11.7 Å². The van der Waals surface area contributed by atoms with Gasteiger partial charge in [-0.1, -0.05) is 13.3 Å². The van der Waals surface area contributed by atoms with Gasteiger partial charge in [0, 0.05) is 12.1 Å². The first-order valence-electron chi connectivity index (χ1n) is 6.48. The zero-order valence-corrected chi connectivity index (χ0v) is 11.6. The Bertz CT molecular complexity index is 410. The first-order chi connectivity index (χ1) is 9.01. The lowest BCUT2D eigenvalue weighted by Crippen LogP contribution is -2.23. The number of hydrogen-bond acceptors (Lipinski definition) is 5. The van der Waals surface area contributed by atoms with E-state index in [-0.39, 0.29) is 18.6 Å². The van der Waals surface area contributed by atoms with Gasteiger partial charge in [0.15, 0.2) is 0 Å². The second kappa shape index (κ2) is 7.56. The van der Waals surface area contributed by atoms with Gasteiger partial charge in [0.2, 0.25) is 5.88 Å². The van der Waals surface area contributed by atoms with Crippen molar-refractivity contribution in [3.05, 3.63) is 12.4 Å². The molecule has 1 aromatic rings. The van der Waals surface area contributed by atoms with Gasteiger partial charge in [-0.3, -0.25) is 4.79 Å². The molecule has 1 atom stereocenters. The summed E-state index contributed by atoms with van der Waals surface area (Å²) < 4.78 is 5.47. The molecule has 0 aliphatic carbocycles. The van der Waals surface area contributed by atoms with Gasteiger partial charge in [0.1, 0.15) is 12.1 Å². The van der Waals surface area contributed by atoms with Crippen molar-refractivity contribution in [1.29, 1.82) is 0 Å². The smallest absolute Gasteiger partial charge is 0.305 e. The van der Waals surface area contributed by atoms with E-state index < -0.39 is 5.97 Å². The Kier molecular flexibility index (Phi) is 6.05. The van der Waals surface area contributed by atoms with Gasteiger partial charge in [-0.05, 0) is 20.3 Å². The number of aliphatic carboxylic acids is 1. The van der Waals surface area contributed by atoms with Gasteiger partial charge in [0.05, 0.1) is 12.5 Å². The van der Waals surface area contributed by atoms with Crippen LogP contribution in [-0.4, -0.2) is 33.2 Å². The summed E-state index contributed by atoms with van der Waals surface area (Å²) in [7, 11) is 0. The van der Waals surface area contributed by atoms with Gasteiger partial charge < -0.3 is 15.2 Å². The molecule has 0 saturated carbocycles. The maximum Gasteiger partial charge on any atom is 0.305 e. The molecule has 1 heterocycles. The van der Waals surface area contributed by atoms with E-state index >= 15 is 0 Å². The molecule has 0 aliphatic heterocycles. The van der Waals surface area contributed by atoms with Crippen LogP contribution in [0.1, 0.15) is 40.0 Å². The van der Waals surface area contributed by atoms with Crippen molar-refractivity contribution in [2.24, 2.45) is 0 Å². The summed E-state index contributed by atoms with van der Waals surface area (Å²) in [5.74, 6) is 0.252. The highest BCUT2D eigenvalue weighted by Crippen LogP contribution is 2.15. The van der Waals surface area contributed by atoms with Gasteiger partial charge in [-0.2, -0.15) is 0 Å². The van der Waals surface area contributed by atoms with Crippen LogP contribution in [0.15, 0.2) is 12.4 Å². The third-order valence-electron chi connectivity index (χ3n) is 2.41. The van der Waals surface area contributed by atoms with Crippen LogP contribution in [0, 0.1) is 0 Å². The molecule has 19 heavy (non-hydrogen) atoms. The van der Waals surface area contributed by atoms with E-state index in [1.807, 2.05) is 20.8 Å². The molecule has 6 heteroatoms. The van der Waals surface area contributed by atoms with Gasteiger partial charge in [-0.15, -0.1) is 0 Å². The van der Waals surface area contributed by atoms with Crippen LogP contribution >= 0.6 is 0 Å². The highest BCUT2D eigenvalue weighted by Gasteiger charge is 2.13. The molecule has 0 saturated heterocycles. The van der Waals surface area contributed by atoms with E-state index in [1.165, 1.54) is 6.33 Å². The Morgan fingerprint density at radius 2 is 2.21 bits per heavy atom. The summed E-state index contributed by atoms with van der Waals surface area (Å²) in [6.45, 7) is 5.85. The quantitative estimate of drug-likeness (QED) is 0.752. The Morgan fingerprint density at radius 3 is 2.79 bits per heavy atom. The summed E-state index contributed by atoms with van der Waals surface area (Å²) in [6, 6.07) is 1.55. The maximum atomic E-state index is 10.8. The van der Waals surface area contributed by atoms with Crippen molar-refractivity contribution in [3.63, 3.8) is 0 Å². The predicted molar refractivity (Wildman–Crippen MR) is 72.4 cm³/mol. The minimum Gasteiger partial charge on any atom is -0.481 e. The molecule has 0 aromatic carbocycles. The number of carbonyl (C=O) groups is 1. The molecule has 0 fully saturated rings. The molecular formula is C13H21N3O3. The van der Waals surface area contributed by atoms with E-state index in [0.717, 1.165) is 12.8 Å². The third kappa shape index (κ3) is 6.03. The van der Waals surface area contributed by atoms with Crippen molar-refractivity contribution in [2.75, 3.05) is 5.32 Å². The molecule has 1 rings (SSSR count). The van der Waals surface area contributed by atoms with Crippen LogP contribution in [0.25, 0.3) is 0 Å². The summed E-state index contributed by atoms with van der Waals surface area (Å²) in [5, 5.41) is 12.0. The molecule has 0 aliphatic rings. The molecule has 2 N–H and O–H groups in total. The van der Waals surface area contributed by atoms with Crippen molar-refractivity contribution in [2.45, 2.75) is 52.2 Å². The van der Waals surface area contributed by atoms with E-state index in [4.69, 9.17) is 9.84 Å². The summed E-state index contributed by atoms with van der Waals surface area (Å²) in [4.78, 5) is 18.9. The number of rotatable bonds is 8. The summed E-state index contributed by atoms with van der Waals surface area (Å²) >= 11 is 0. The van der Waals surface area contributed by atoms with Gasteiger partial charge in [0.25, 0.3) is 0 Å². The number of nitrogens with zero attached hydrogens (tertiary/aromatic N) is 2. The third-order valence-corrected chi connectivity index (χ3v) is 2.41. The topological polar surface area (TPSA) is 84.3 Å². The molecular weight excluding hydrogens is 246 g/mol. The second-order valence-corrected chi connectivity index (χ2v) is 4.64. The number of hydrogen-bond donors (Lipinski definition) is 2. The average molecular weight is 267 g/mol. The molecule has 1 aromatic heterocycles. The molecule has 0 spiro atoms. The summed E-state index contributed by atoms with van der Waals surface area (Å²) in [5.41, 5.74) is 0. The Hall–Kier alpha value is -1.85. The standard InChI is InChI=1S/C13H21N3O3/c1-4-5-10(6-13(17)18)16-11-7-12(15-8-14-11)19-9(2)3/h7-10H,4-6H2,1-3H3,(H,17,18)(H,14,15,16). The largest absolute Gasteiger partial charge is 0.481 e. The van der Waals surface area contributed by atoms with Crippen LogP contribution in [0.3, 0.4) is 0 Å². The molecule has 0 amide bonds. The number of aromatic nitrogens is 2. The van der Waals surface area contributed by atoms with Crippen molar-refractivity contribution >= 4 is 11.8 Å². The number of carboxylic acids is 1. The molecule has 6 nitrogen and oxygen atoms in total. The second-order valence-electron chi connectivity index (χ2n) is 4.64. The SMILES string of the molecule is CCCC(CC(=O)O)Nc1cc(OC(C)C)ncn1. The zero-order chi connectivity index (χ0) is 14.3. The highest BCUT2D eigenvalue weighted by molar-refractivity contribution is 5.68. The summed E-state index contributed by atoms with van der Waals surface area (Å²) in [6.07, 6.45) is 3.19. The maximum absolute atomic E-state index is 10.8. The zero-order valence-electron chi connectivity index (χ0n) is 11.6. The fourth-order valence-electron chi connectivity index (χ4n) is 1.72. The minimum absolute atomic E-state index is 0.0354. The molecule has 1 unspecified atom stereocenters. The minimum atomic E-state index is -0.821. The highest BCUT2D eigenvalue weighted by atomic mass is 16.5. The van der Waals surface area contributed by atoms with Gasteiger partial charge >= 0.3 is 5.97 Å². The lowest BCUT2D eigenvalue weighted by molar-refractivity contribution is -0.137. The first-order valence-corrected chi connectivity index (χ1v) is 6.48. The lowest BCUT2D eigenvalue weighted by atomic mass is 10.1. The number of carboxylic acid groups (broad SMARTS) is 1. The predicted octanol–water partition coefficient (Wildman–Crippen LogP) is 2.32. The molecule has 106 valence electrons. The van der Waals surface area contributed by atoms with Crippen LogP contribution < -0.4 is 10.1 Å².